The van der Waals surface area contributed by atoms with Gasteiger partial charge in [0.2, 0.25) is 0 Å². The average molecular weight is 279 g/mol. The van der Waals surface area contributed by atoms with Gasteiger partial charge in [-0.05, 0) is 31.0 Å². The molecule has 21 heavy (non-hydrogen) atoms. The molecule has 0 atom stereocenters. The summed E-state index contributed by atoms with van der Waals surface area (Å²) >= 11 is 0. The number of aromatic nitrogens is 1. The SMILES string of the molecule is Cc1ccc2c(C(=O)OCc3ccccc3)c(C)[nH]c2c1. The fraction of sp³-hybridized carbons (Fsp3) is 0.167. The lowest BCUT2D eigenvalue weighted by molar-refractivity contribution is 0.0474. The predicted octanol–water partition coefficient (Wildman–Crippen LogP) is 4.14. The van der Waals surface area contributed by atoms with E-state index in [-0.39, 0.29) is 12.6 Å². The van der Waals surface area contributed by atoms with Crippen molar-refractivity contribution in [2.75, 3.05) is 0 Å². The van der Waals surface area contributed by atoms with E-state index in [1.54, 1.807) is 0 Å². The average Bonchev–Trinajstić information content (AvgIpc) is 2.81. The van der Waals surface area contributed by atoms with Crippen LogP contribution in [0.3, 0.4) is 0 Å². The number of benzene rings is 2. The van der Waals surface area contributed by atoms with Gasteiger partial charge in [0.25, 0.3) is 0 Å². The number of carbonyl (C=O) groups excluding carboxylic acids is 1. The number of hydrogen-bond donors (Lipinski definition) is 1. The normalized spacial score (nSPS) is 10.8. The van der Waals surface area contributed by atoms with Crippen molar-refractivity contribution in [3.63, 3.8) is 0 Å². The molecule has 1 aromatic heterocycles. The van der Waals surface area contributed by atoms with Crippen LogP contribution in [0.5, 0.6) is 0 Å². The minimum Gasteiger partial charge on any atom is -0.457 e. The van der Waals surface area contributed by atoms with Crippen molar-refractivity contribution >= 4 is 16.9 Å². The third-order valence-electron chi connectivity index (χ3n) is 3.56. The molecule has 3 nitrogen and oxygen atoms in total. The Morgan fingerprint density at radius 1 is 1.10 bits per heavy atom. The van der Waals surface area contributed by atoms with E-state index in [0.29, 0.717) is 5.56 Å². The first kappa shape index (κ1) is 13.4. The molecular weight excluding hydrogens is 262 g/mol. The highest BCUT2D eigenvalue weighted by Gasteiger charge is 2.17. The molecule has 2 aromatic carbocycles. The Morgan fingerprint density at radius 2 is 1.86 bits per heavy atom. The van der Waals surface area contributed by atoms with E-state index in [2.05, 4.69) is 4.98 Å². The van der Waals surface area contributed by atoms with Crippen LogP contribution in [0.15, 0.2) is 48.5 Å². The van der Waals surface area contributed by atoms with Crippen LogP contribution in [0.4, 0.5) is 0 Å². The van der Waals surface area contributed by atoms with Crippen molar-refractivity contribution in [3.05, 3.63) is 70.9 Å². The van der Waals surface area contributed by atoms with Crippen molar-refractivity contribution < 1.29 is 9.53 Å². The third kappa shape index (κ3) is 2.68. The lowest BCUT2D eigenvalue weighted by Gasteiger charge is -2.05. The molecule has 0 amide bonds. The van der Waals surface area contributed by atoms with Crippen molar-refractivity contribution in [2.24, 2.45) is 0 Å². The Balaban J connectivity index is 1.86. The Kier molecular flexibility index (Phi) is 3.48. The first-order valence-electron chi connectivity index (χ1n) is 6.95. The molecule has 0 aliphatic rings. The van der Waals surface area contributed by atoms with Crippen LogP contribution in [-0.4, -0.2) is 11.0 Å². The number of ether oxygens (including phenoxy) is 1. The van der Waals surface area contributed by atoms with Crippen LogP contribution in [0.25, 0.3) is 10.9 Å². The van der Waals surface area contributed by atoms with Gasteiger partial charge < -0.3 is 9.72 Å². The first-order valence-corrected chi connectivity index (χ1v) is 6.95. The Hall–Kier alpha value is -2.55. The van der Waals surface area contributed by atoms with Gasteiger partial charge in [0.05, 0.1) is 5.56 Å². The number of hydrogen-bond acceptors (Lipinski definition) is 2. The van der Waals surface area contributed by atoms with Crippen molar-refractivity contribution in [3.8, 4) is 0 Å². The fourth-order valence-corrected chi connectivity index (χ4v) is 2.50. The van der Waals surface area contributed by atoms with Crippen LogP contribution in [-0.2, 0) is 11.3 Å². The number of fused-ring (bicyclic) bond motifs is 1. The highest BCUT2D eigenvalue weighted by Crippen LogP contribution is 2.24. The van der Waals surface area contributed by atoms with Crippen LogP contribution in [0.1, 0.15) is 27.2 Å². The summed E-state index contributed by atoms with van der Waals surface area (Å²) in [5, 5.41) is 0.913. The van der Waals surface area contributed by atoms with Crippen molar-refractivity contribution in [1.29, 1.82) is 0 Å². The Bertz CT molecular complexity index is 788. The molecule has 1 N–H and O–H groups in total. The zero-order chi connectivity index (χ0) is 14.8. The minimum absolute atomic E-state index is 0.286. The summed E-state index contributed by atoms with van der Waals surface area (Å²) in [5.41, 5.74) is 4.58. The van der Waals surface area contributed by atoms with Gasteiger partial charge in [-0.25, -0.2) is 4.79 Å². The number of esters is 1. The molecule has 3 heteroatoms. The van der Waals surface area contributed by atoms with Gasteiger partial charge in [0, 0.05) is 16.6 Å². The van der Waals surface area contributed by atoms with Crippen LogP contribution in [0.2, 0.25) is 0 Å². The van der Waals surface area contributed by atoms with E-state index in [4.69, 9.17) is 4.74 Å². The molecule has 0 aliphatic carbocycles. The van der Waals surface area contributed by atoms with Gasteiger partial charge in [-0.15, -0.1) is 0 Å². The number of rotatable bonds is 3. The van der Waals surface area contributed by atoms with E-state index in [1.165, 1.54) is 0 Å². The number of H-pyrrole nitrogens is 1. The van der Waals surface area contributed by atoms with Gasteiger partial charge in [-0.2, -0.15) is 0 Å². The smallest absolute Gasteiger partial charge is 0.340 e. The second-order valence-electron chi connectivity index (χ2n) is 5.24. The van der Waals surface area contributed by atoms with Crippen LogP contribution >= 0.6 is 0 Å². The van der Waals surface area contributed by atoms with Crippen LogP contribution in [0, 0.1) is 13.8 Å². The summed E-state index contributed by atoms with van der Waals surface area (Å²) in [6.45, 7) is 4.22. The monoisotopic (exact) mass is 279 g/mol. The van der Waals surface area contributed by atoms with Gasteiger partial charge in [0.1, 0.15) is 6.61 Å². The molecule has 0 spiro atoms. The van der Waals surface area contributed by atoms with E-state index in [0.717, 1.165) is 27.7 Å². The number of carbonyl (C=O) groups is 1. The highest BCUT2D eigenvalue weighted by atomic mass is 16.5. The summed E-state index contributed by atoms with van der Waals surface area (Å²) in [6, 6.07) is 15.7. The number of nitrogens with one attached hydrogen (secondary N) is 1. The molecule has 0 bridgehead atoms. The number of aromatic amines is 1. The summed E-state index contributed by atoms with van der Waals surface area (Å²) in [5.74, 6) is -0.286. The summed E-state index contributed by atoms with van der Waals surface area (Å²) < 4.78 is 5.43. The Labute approximate surface area is 123 Å². The standard InChI is InChI=1S/C18H17NO2/c1-12-8-9-15-16(10-12)19-13(2)17(15)18(20)21-11-14-6-4-3-5-7-14/h3-10,19H,11H2,1-2H3. The molecule has 0 radical (unpaired) electrons. The summed E-state index contributed by atoms with van der Waals surface area (Å²) in [7, 11) is 0. The van der Waals surface area contributed by atoms with E-state index in [1.807, 2.05) is 62.4 Å². The maximum Gasteiger partial charge on any atom is 0.340 e. The van der Waals surface area contributed by atoms with E-state index >= 15 is 0 Å². The van der Waals surface area contributed by atoms with E-state index in [9.17, 15) is 4.79 Å². The second kappa shape index (κ2) is 5.44. The van der Waals surface area contributed by atoms with Crippen LogP contribution < -0.4 is 0 Å². The topological polar surface area (TPSA) is 42.1 Å². The summed E-state index contributed by atoms with van der Waals surface area (Å²) in [6.07, 6.45) is 0. The molecule has 106 valence electrons. The molecule has 3 aromatic rings. The lowest BCUT2D eigenvalue weighted by atomic mass is 10.1. The highest BCUT2D eigenvalue weighted by molar-refractivity contribution is 6.05. The predicted molar refractivity (Wildman–Crippen MR) is 83.3 cm³/mol. The molecule has 1 heterocycles. The zero-order valence-corrected chi connectivity index (χ0v) is 12.1. The molecule has 0 saturated carbocycles. The molecule has 0 aliphatic heterocycles. The van der Waals surface area contributed by atoms with Crippen molar-refractivity contribution in [1.82, 2.24) is 4.98 Å². The molecule has 0 fully saturated rings. The molecule has 3 rings (SSSR count). The first-order chi connectivity index (χ1) is 10.1. The Morgan fingerprint density at radius 3 is 2.62 bits per heavy atom. The third-order valence-corrected chi connectivity index (χ3v) is 3.56. The van der Waals surface area contributed by atoms with Gasteiger partial charge >= 0.3 is 5.97 Å². The number of aryl methyl sites for hydroxylation is 2. The molecule has 0 unspecified atom stereocenters. The maximum atomic E-state index is 12.4. The maximum absolute atomic E-state index is 12.4. The minimum atomic E-state index is -0.286. The molecule has 0 saturated heterocycles. The fourth-order valence-electron chi connectivity index (χ4n) is 2.50. The van der Waals surface area contributed by atoms with Crippen molar-refractivity contribution in [2.45, 2.75) is 20.5 Å². The molecular formula is C18H17NO2. The van der Waals surface area contributed by atoms with Gasteiger partial charge in [-0.3, -0.25) is 0 Å². The van der Waals surface area contributed by atoms with E-state index < -0.39 is 0 Å². The quantitative estimate of drug-likeness (QED) is 0.732. The largest absolute Gasteiger partial charge is 0.457 e. The van der Waals surface area contributed by atoms with Gasteiger partial charge in [0.15, 0.2) is 0 Å². The van der Waals surface area contributed by atoms with Gasteiger partial charge in [-0.1, -0.05) is 42.5 Å². The lowest BCUT2D eigenvalue weighted by Crippen LogP contribution is -2.06. The summed E-state index contributed by atoms with van der Waals surface area (Å²) in [4.78, 5) is 15.6. The zero-order valence-electron chi connectivity index (χ0n) is 12.1. The second-order valence-corrected chi connectivity index (χ2v) is 5.24.